The number of aryl methyl sites for hydroxylation is 1. The van der Waals surface area contributed by atoms with E-state index in [1.54, 1.807) is 6.20 Å². The average molecular weight is 202 g/mol. The monoisotopic (exact) mass is 202 g/mol. The molecule has 0 unspecified atom stereocenters. The Morgan fingerprint density at radius 2 is 2.13 bits per heavy atom. The molecule has 4 heteroatoms. The van der Waals surface area contributed by atoms with Crippen LogP contribution in [0.25, 0.3) is 5.82 Å². The fraction of sp³-hybridized carbons (Fsp3) is 0.273. The second-order valence-corrected chi connectivity index (χ2v) is 3.36. The quantitative estimate of drug-likeness (QED) is 0.722. The van der Waals surface area contributed by atoms with Gasteiger partial charge in [-0.1, -0.05) is 12.7 Å². The molecule has 0 aliphatic carbocycles. The number of hydrogen-bond donors (Lipinski definition) is 0. The summed E-state index contributed by atoms with van der Waals surface area (Å²) in [6.07, 6.45) is 1.73. The normalized spacial score (nSPS) is 10.6. The molecule has 0 bridgehead atoms. The highest BCUT2D eigenvalue weighted by Gasteiger charge is 2.09. The Morgan fingerprint density at radius 3 is 2.67 bits per heavy atom. The van der Waals surface area contributed by atoms with Gasteiger partial charge in [0.2, 0.25) is 0 Å². The van der Waals surface area contributed by atoms with Crippen molar-refractivity contribution in [1.82, 2.24) is 14.5 Å². The molecule has 0 atom stereocenters. The van der Waals surface area contributed by atoms with E-state index in [2.05, 4.69) is 9.97 Å². The molecule has 2 heterocycles. The van der Waals surface area contributed by atoms with Gasteiger partial charge in [0.05, 0.1) is 0 Å². The Hall–Kier alpha value is -1.68. The van der Waals surface area contributed by atoms with Crippen LogP contribution in [0.3, 0.4) is 0 Å². The number of nitrogens with zero attached hydrogens (tertiary/aromatic N) is 3. The molecule has 0 fully saturated rings. The van der Waals surface area contributed by atoms with Crippen LogP contribution in [0.15, 0.2) is 24.4 Å². The van der Waals surface area contributed by atoms with Crippen LogP contribution in [-0.2, 0) is 6.61 Å². The first-order valence-electron chi connectivity index (χ1n) is 4.78. The smallest absolute Gasteiger partial charge is 0.138 e. The summed E-state index contributed by atoms with van der Waals surface area (Å²) in [5, 5.41) is 10.9. The second-order valence-electron chi connectivity index (χ2n) is 3.36. The summed E-state index contributed by atoms with van der Waals surface area (Å²) in [4.78, 5) is 8.45. The lowest BCUT2D eigenvalue weighted by Gasteiger charge is -2.07. The molecular weight excluding hydrogens is 190 g/mol. The Labute approximate surface area is 88.2 Å². The molecule has 0 aromatic carbocycles. The zero-order chi connectivity index (χ0) is 10.8. The fourth-order valence-electron chi connectivity index (χ4n) is 1.66. The van der Waals surface area contributed by atoms with Gasteiger partial charge in [-0.2, -0.15) is 0 Å². The molecule has 0 N–H and O–H groups in total. The van der Waals surface area contributed by atoms with E-state index in [-0.39, 0.29) is 6.61 Å². The Morgan fingerprint density at radius 1 is 1.33 bits per heavy atom. The SMILES string of the molecule is Cc1nc(C[O-])c(C)n1-c1ccccn1. The number of aromatic nitrogens is 3. The molecule has 0 saturated heterocycles. The lowest BCUT2D eigenvalue weighted by atomic mass is 10.3. The van der Waals surface area contributed by atoms with Crippen molar-refractivity contribution in [3.63, 3.8) is 0 Å². The summed E-state index contributed by atoms with van der Waals surface area (Å²) in [6, 6.07) is 5.67. The molecule has 0 aliphatic rings. The first-order chi connectivity index (χ1) is 7.24. The third-order valence-electron chi connectivity index (χ3n) is 2.39. The molecule has 78 valence electrons. The Balaban J connectivity index is 2.58. The standard InChI is InChI=1S/C11H12N3O/c1-8-10(7-15)13-9(2)14(8)11-5-3-4-6-12-11/h3-6H,7H2,1-2H3/q-1. The molecular formula is C11H12N3O-. The van der Waals surface area contributed by atoms with Gasteiger partial charge < -0.3 is 5.11 Å². The maximum atomic E-state index is 10.9. The third kappa shape index (κ3) is 1.64. The van der Waals surface area contributed by atoms with Gasteiger partial charge in [0, 0.05) is 17.6 Å². The number of rotatable bonds is 2. The van der Waals surface area contributed by atoms with Crippen LogP contribution in [0.5, 0.6) is 0 Å². The largest absolute Gasteiger partial charge is 0.850 e. The summed E-state index contributed by atoms with van der Waals surface area (Å²) in [5.74, 6) is 1.61. The van der Waals surface area contributed by atoms with E-state index in [0.717, 1.165) is 17.3 Å². The van der Waals surface area contributed by atoms with Gasteiger partial charge >= 0.3 is 0 Å². The molecule has 0 spiro atoms. The Kier molecular flexibility index (Phi) is 2.51. The van der Waals surface area contributed by atoms with Crippen molar-refractivity contribution in [2.24, 2.45) is 0 Å². The van der Waals surface area contributed by atoms with Gasteiger partial charge in [-0.3, -0.25) is 4.57 Å². The van der Waals surface area contributed by atoms with E-state index < -0.39 is 0 Å². The average Bonchev–Trinajstić information content (AvgIpc) is 2.55. The second kappa shape index (κ2) is 3.82. The molecule has 0 aliphatic heterocycles. The number of imidazole rings is 1. The summed E-state index contributed by atoms with van der Waals surface area (Å²) in [6.45, 7) is 3.48. The lowest BCUT2D eigenvalue weighted by Crippen LogP contribution is -2.06. The molecule has 2 aromatic rings. The van der Waals surface area contributed by atoms with Gasteiger partial charge in [-0.15, -0.1) is 0 Å². The van der Waals surface area contributed by atoms with Crippen molar-refractivity contribution in [3.8, 4) is 5.82 Å². The van der Waals surface area contributed by atoms with Crippen LogP contribution in [0.1, 0.15) is 17.2 Å². The topological polar surface area (TPSA) is 53.8 Å². The van der Waals surface area contributed by atoms with Gasteiger partial charge in [0.15, 0.2) is 0 Å². The first-order valence-corrected chi connectivity index (χ1v) is 4.78. The molecule has 2 aromatic heterocycles. The highest BCUT2D eigenvalue weighted by molar-refractivity contribution is 5.30. The zero-order valence-electron chi connectivity index (χ0n) is 8.77. The predicted molar refractivity (Wildman–Crippen MR) is 54.5 cm³/mol. The van der Waals surface area contributed by atoms with Crippen LogP contribution in [0.4, 0.5) is 0 Å². The van der Waals surface area contributed by atoms with E-state index >= 15 is 0 Å². The molecule has 0 amide bonds. The van der Waals surface area contributed by atoms with Crippen LogP contribution in [0.2, 0.25) is 0 Å². The van der Waals surface area contributed by atoms with Gasteiger partial charge in [0.1, 0.15) is 11.6 Å². The molecule has 4 nitrogen and oxygen atoms in total. The maximum absolute atomic E-state index is 10.9. The molecule has 0 saturated carbocycles. The zero-order valence-corrected chi connectivity index (χ0v) is 8.77. The summed E-state index contributed by atoms with van der Waals surface area (Å²) < 4.78 is 1.90. The fourth-order valence-corrected chi connectivity index (χ4v) is 1.66. The first kappa shape index (κ1) is 9.86. The van der Waals surface area contributed by atoms with Crippen molar-refractivity contribution in [1.29, 1.82) is 0 Å². The van der Waals surface area contributed by atoms with Crippen LogP contribution in [-0.4, -0.2) is 14.5 Å². The molecule has 2 rings (SSSR count). The lowest BCUT2D eigenvalue weighted by molar-refractivity contribution is -0.387. The van der Waals surface area contributed by atoms with E-state index in [1.165, 1.54) is 0 Å². The summed E-state index contributed by atoms with van der Waals surface area (Å²) >= 11 is 0. The Bertz CT molecular complexity index is 462. The third-order valence-corrected chi connectivity index (χ3v) is 2.39. The minimum atomic E-state index is -0.285. The van der Waals surface area contributed by atoms with Crippen molar-refractivity contribution >= 4 is 0 Å². The summed E-state index contributed by atoms with van der Waals surface area (Å²) in [7, 11) is 0. The molecule has 15 heavy (non-hydrogen) atoms. The van der Waals surface area contributed by atoms with Crippen molar-refractivity contribution in [2.75, 3.05) is 0 Å². The van der Waals surface area contributed by atoms with Crippen molar-refractivity contribution in [2.45, 2.75) is 20.5 Å². The highest BCUT2D eigenvalue weighted by atomic mass is 16.3. The van der Waals surface area contributed by atoms with E-state index in [0.29, 0.717) is 5.69 Å². The minimum Gasteiger partial charge on any atom is -0.850 e. The maximum Gasteiger partial charge on any atom is 0.138 e. The van der Waals surface area contributed by atoms with Crippen molar-refractivity contribution < 1.29 is 5.11 Å². The van der Waals surface area contributed by atoms with E-state index in [1.807, 2.05) is 36.6 Å². The van der Waals surface area contributed by atoms with Gasteiger partial charge in [0.25, 0.3) is 0 Å². The minimum absolute atomic E-state index is 0.285. The summed E-state index contributed by atoms with van der Waals surface area (Å²) in [5.41, 5.74) is 1.47. The van der Waals surface area contributed by atoms with E-state index in [9.17, 15) is 5.11 Å². The van der Waals surface area contributed by atoms with Gasteiger partial charge in [-0.05, 0) is 26.0 Å². The van der Waals surface area contributed by atoms with Gasteiger partial charge in [-0.25, -0.2) is 9.97 Å². The number of hydrogen-bond acceptors (Lipinski definition) is 3. The highest BCUT2D eigenvalue weighted by Crippen LogP contribution is 2.14. The van der Waals surface area contributed by atoms with Crippen LogP contribution >= 0.6 is 0 Å². The predicted octanol–water partition coefficient (Wildman–Crippen LogP) is 0.744. The van der Waals surface area contributed by atoms with Crippen molar-refractivity contribution in [3.05, 3.63) is 41.6 Å². The van der Waals surface area contributed by atoms with Crippen LogP contribution in [0, 0.1) is 13.8 Å². The molecule has 0 radical (unpaired) electrons. The number of pyridine rings is 1. The van der Waals surface area contributed by atoms with Crippen LogP contribution < -0.4 is 5.11 Å². The van der Waals surface area contributed by atoms with E-state index in [4.69, 9.17) is 0 Å².